The van der Waals surface area contributed by atoms with Crippen LogP contribution < -0.4 is 5.32 Å². The van der Waals surface area contributed by atoms with Gasteiger partial charge in [0.25, 0.3) is 0 Å². The van der Waals surface area contributed by atoms with E-state index in [0.717, 1.165) is 17.0 Å². The standard InChI is InChI=1S/C14H23F3N2O3S/c1-23(21,22)19-8-3-2-7-12(19)13(20)18-11-6-4-5-10(9-11)14(15,16)17/h10-12H,2-9H2,1H3,(H,18,20)/t10-,11+,12-/m1/s1. The Hall–Kier alpha value is -0.830. The second kappa shape index (κ2) is 6.96. The molecule has 2 aliphatic rings. The molecule has 1 aliphatic heterocycles. The summed E-state index contributed by atoms with van der Waals surface area (Å²) in [6.07, 6.45) is -0.467. The summed E-state index contributed by atoms with van der Waals surface area (Å²) in [6, 6.07) is -1.34. The first-order valence-electron chi connectivity index (χ1n) is 7.93. The van der Waals surface area contributed by atoms with Gasteiger partial charge >= 0.3 is 6.18 Å². The molecule has 0 aromatic heterocycles. The van der Waals surface area contributed by atoms with Crippen LogP contribution in [0.2, 0.25) is 0 Å². The first-order valence-corrected chi connectivity index (χ1v) is 9.78. The van der Waals surface area contributed by atoms with Gasteiger partial charge in [-0.15, -0.1) is 0 Å². The van der Waals surface area contributed by atoms with Gasteiger partial charge in [0.2, 0.25) is 15.9 Å². The minimum atomic E-state index is -4.24. The lowest BCUT2D eigenvalue weighted by Gasteiger charge is -2.35. The molecule has 134 valence electrons. The van der Waals surface area contributed by atoms with Gasteiger partial charge in [0.1, 0.15) is 6.04 Å². The molecule has 0 spiro atoms. The molecule has 0 radical (unpaired) electrons. The number of alkyl halides is 3. The zero-order valence-electron chi connectivity index (χ0n) is 13.1. The molecule has 0 unspecified atom stereocenters. The Morgan fingerprint density at radius 3 is 2.43 bits per heavy atom. The van der Waals surface area contributed by atoms with Crippen LogP contribution in [0.5, 0.6) is 0 Å². The molecular formula is C14H23F3N2O3S. The fourth-order valence-corrected chi connectivity index (χ4v) is 4.60. The first-order chi connectivity index (χ1) is 10.6. The Morgan fingerprint density at radius 2 is 1.83 bits per heavy atom. The van der Waals surface area contributed by atoms with Crippen LogP contribution in [0, 0.1) is 5.92 Å². The molecule has 1 saturated heterocycles. The van der Waals surface area contributed by atoms with E-state index in [4.69, 9.17) is 0 Å². The minimum Gasteiger partial charge on any atom is -0.352 e. The number of carbonyl (C=O) groups excluding carboxylic acids is 1. The largest absolute Gasteiger partial charge is 0.391 e. The highest BCUT2D eigenvalue weighted by Gasteiger charge is 2.43. The van der Waals surface area contributed by atoms with Crippen molar-refractivity contribution in [3.05, 3.63) is 0 Å². The van der Waals surface area contributed by atoms with Crippen LogP contribution in [0.1, 0.15) is 44.9 Å². The summed E-state index contributed by atoms with van der Waals surface area (Å²) in [5.41, 5.74) is 0. The normalized spacial score (nSPS) is 30.9. The Kier molecular flexibility index (Phi) is 5.60. The van der Waals surface area contributed by atoms with E-state index in [1.165, 1.54) is 0 Å². The highest BCUT2D eigenvalue weighted by Crippen LogP contribution is 2.37. The van der Waals surface area contributed by atoms with Crippen molar-refractivity contribution in [3.63, 3.8) is 0 Å². The van der Waals surface area contributed by atoms with Gasteiger partial charge in [-0.05, 0) is 32.1 Å². The van der Waals surface area contributed by atoms with Crippen molar-refractivity contribution in [2.45, 2.75) is 63.2 Å². The quantitative estimate of drug-likeness (QED) is 0.842. The number of carbonyl (C=O) groups is 1. The number of hydrogen-bond donors (Lipinski definition) is 1. The molecule has 1 aliphatic carbocycles. The van der Waals surface area contributed by atoms with Gasteiger partial charge in [-0.25, -0.2) is 8.42 Å². The van der Waals surface area contributed by atoms with Gasteiger partial charge in [0.05, 0.1) is 12.2 Å². The lowest BCUT2D eigenvalue weighted by atomic mass is 9.85. The molecule has 1 heterocycles. The number of piperidine rings is 1. The van der Waals surface area contributed by atoms with Crippen molar-refractivity contribution in [1.29, 1.82) is 0 Å². The maximum absolute atomic E-state index is 12.8. The third-order valence-electron chi connectivity index (χ3n) is 4.67. The van der Waals surface area contributed by atoms with Gasteiger partial charge in [-0.2, -0.15) is 17.5 Å². The second-order valence-electron chi connectivity index (χ2n) is 6.50. The summed E-state index contributed by atoms with van der Waals surface area (Å²) in [5, 5.41) is 2.65. The van der Waals surface area contributed by atoms with Crippen LogP contribution in [-0.4, -0.2) is 49.7 Å². The van der Waals surface area contributed by atoms with E-state index in [9.17, 15) is 26.4 Å². The molecule has 23 heavy (non-hydrogen) atoms. The molecular weight excluding hydrogens is 333 g/mol. The fraction of sp³-hybridized carbons (Fsp3) is 0.929. The maximum Gasteiger partial charge on any atom is 0.391 e. The summed E-state index contributed by atoms with van der Waals surface area (Å²) in [4.78, 5) is 12.4. The zero-order chi connectivity index (χ0) is 17.3. The summed E-state index contributed by atoms with van der Waals surface area (Å²) in [5.74, 6) is -1.86. The molecule has 0 aromatic rings. The first kappa shape index (κ1) is 18.5. The predicted octanol–water partition coefficient (Wildman–Crippen LogP) is 2.04. The van der Waals surface area contributed by atoms with Crippen molar-refractivity contribution in [1.82, 2.24) is 9.62 Å². The van der Waals surface area contributed by atoms with E-state index in [-0.39, 0.29) is 19.4 Å². The number of hydrogen-bond acceptors (Lipinski definition) is 3. The van der Waals surface area contributed by atoms with Crippen molar-refractivity contribution in [2.75, 3.05) is 12.8 Å². The van der Waals surface area contributed by atoms with Crippen LogP contribution >= 0.6 is 0 Å². The van der Waals surface area contributed by atoms with E-state index in [0.29, 0.717) is 25.7 Å². The summed E-state index contributed by atoms with van der Waals surface area (Å²) in [7, 11) is -3.50. The lowest BCUT2D eigenvalue weighted by molar-refractivity contribution is -0.184. The van der Waals surface area contributed by atoms with Crippen molar-refractivity contribution < 1.29 is 26.4 Å². The van der Waals surface area contributed by atoms with E-state index in [2.05, 4.69) is 5.32 Å². The Balaban J connectivity index is 2.00. The molecule has 2 fully saturated rings. The maximum atomic E-state index is 12.8. The van der Waals surface area contributed by atoms with Gasteiger partial charge in [0, 0.05) is 12.6 Å². The van der Waals surface area contributed by atoms with Crippen molar-refractivity contribution in [3.8, 4) is 0 Å². The Bertz CT molecular complexity index is 536. The SMILES string of the molecule is CS(=O)(=O)N1CCCC[C@@H]1C(=O)N[C@H]1CCC[C@@H](C(F)(F)F)C1. The van der Waals surface area contributed by atoms with Crippen LogP contribution in [0.4, 0.5) is 13.2 Å². The number of rotatable bonds is 3. The van der Waals surface area contributed by atoms with Crippen molar-refractivity contribution in [2.24, 2.45) is 5.92 Å². The third kappa shape index (κ3) is 4.82. The highest BCUT2D eigenvalue weighted by molar-refractivity contribution is 7.88. The number of sulfonamides is 1. The minimum absolute atomic E-state index is 0.0920. The monoisotopic (exact) mass is 356 g/mol. The second-order valence-corrected chi connectivity index (χ2v) is 8.43. The van der Waals surface area contributed by atoms with Gasteiger partial charge in [-0.3, -0.25) is 4.79 Å². The molecule has 5 nitrogen and oxygen atoms in total. The number of halogens is 3. The third-order valence-corrected chi connectivity index (χ3v) is 5.95. The molecule has 9 heteroatoms. The Labute approximate surface area is 134 Å². The summed E-state index contributed by atoms with van der Waals surface area (Å²) < 4.78 is 63.2. The van der Waals surface area contributed by atoms with Crippen molar-refractivity contribution >= 4 is 15.9 Å². The molecule has 1 amide bonds. The Morgan fingerprint density at radius 1 is 1.13 bits per heavy atom. The van der Waals surface area contributed by atoms with E-state index >= 15 is 0 Å². The summed E-state index contributed by atoms with van der Waals surface area (Å²) >= 11 is 0. The highest BCUT2D eigenvalue weighted by atomic mass is 32.2. The molecule has 2 rings (SSSR count). The molecule has 1 saturated carbocycles. The van der Waals surface area contributed by atoms with Crippen LogP contribution in [0.3, 0.4) is 0 Å². The van der Waals surface area contributed by atoms with Crippen LogP contribution in [-0.2, 0) is 14.8 Å². The smallest absolute Gasteiger partial charge is 0.352 e. The van der Waals surface area contributed by atoms with Crippen LogP contribution in [0.25, 0.3) is 0 Å². The van der Waals surface area contributed by atoms with E-state index in [1.807, 2.05) is 0 Å². The van der Waals surface area contributed by atoms with Gasteiger partial charge in [0.15, 0.2) is 0 Å². The van der Waals surface area contributed by atoms with Gasteiger partial charge in [-0.1, -0.05) is 12.8 Å². The number of amides is 1. The zero-order valence-corrected chi connectivity index (χ0v) is 13.9. The average molecular weight is 356 g/mol. The predicted molar refractivity (Wildman–Crippen MR) is 79.1 cm³/mol. The topological polar surface area (TPSA) is 66.5 Å². The van der Waals surface area contributed by atoms with Gasteiger partial charge < -0.3 is 5.32 Å². The molecule has 3 atom stereocenters. The fourth-order valence-electron chi connectivity index (χ4n) is 3.48. The molecule has 0 bridgehead atoms. The van der Waals surface area contributed by atoms with E-state index < -0.39 is 40.1 Å². The van der Waals surface area contributed by atoms with E-state index in [1.54, 1.807) is 0 Å². The van der Waals surface area contributed by atoms with Crippen LogP contribution in [0.15, 0.2) is 0 Å². The molecule has 1 N–H and O–H groups in total. The average Bonchev–Trinajstić information content (AvgIpc) is 2.46. The number of nitrogens with zero attached hydrogens (tertiary/aromatic N) is 1. The summed E-state index contributed by atoms with van der Waals surface area (Å²) in [6.45, 7) is 0.284. The lowest BCUT2D eigenvalue weighted by Crippen LogP contribution is -2.54. The molecule has 0 aromatic carbocycles. The number of nitrogens with one attached hydrogen (secondary N) is 1.